The van der Waals surface area contributed by atoms with Crippen LogP contribution in [0.15, 0.2) is 5.11 Å². The first-order valence-corrected chi connectivity index (χ1v) is 11.8. The van der Waals surface area contributed by atoms with Crippen molar-refractivity contribution in [1.29, 1.82) is 0 Å². The van der Waals surface area contributed by atoms with Crippen molar-refractivity contribution in [2.24, 2.45) is 5.11 Å². The summed E-state index contributed by atoms with van der Waals surface area (Å²) < 4.78 is 48.4. The molecule has 0 radical (unpaired) electrons. The van der Waals surface area contributed by atoms with Gasteiger partial charge in [-0.05, 0) is 5.53 Å². The maximum absolute atomic E-state index is 11.8. The number of azide groups is 1. The van der Waals surface area contributed by atoms with E-state index in [1.807, 2.05) is 0 Å². The maximum atomic E-state index is 11.8. The van der Waals surface area contributed by atoms with Crippen molar-refractivity contribution in [2.45, 2.75) is 58.4 Å². The Bertz CT molecular complexity index is 805. The van der Waals surface area contributed by atoms with Crippen LogP contribution in [0.2, 0.25) is 0 Å². The van der Waals surface area contributed by atoms with Crippen LogP contribution in [0.1, 0.15) is 27.7 Å². The molecule has 5 atom stereocenters. The molecule has 0 unspecified atom stereocenters. The number of carbonyl (C=O) groups is 4. The zero-order valence-electron chi connectivity index (χ0n) is 21.9. The first kappa shape index (κ1) is 33.0. The van der Waals surface area contributed by atoms with Gasteiger partial charge >= 0.3 is 23.9 Å². The molecule has 38 heavy (non-hydrogen) atoms. The first-order chi connectivity index (χ1) is 18.1. The van der Waals surface area contributed by atoms with Gasteiger partial charge in [-0.25, -0.2) is 0 Å². The molecule has 1 fully saturated rings. The minimum atomic E-state index is -1.30. The van der Waals surface area contributed by atoms with Crippen LogP contribution < -0.4 is 0 Å². The molecule has 16 heteroatoms. The van der Waals surface area contributed by atoms with E-state index in [1.54, 1.807) is 0 Å². The van der Waals surface area contributed by atoms with Gasteiger partial charge in [-0.3, -0.25) is 19.2 Å². The Labute approximate surface area is 219 Å². The lowest BCUT2D eigenvalue weighted by Crippen LogP contribution is -2.63. The molecule has 16 nitrogen and oxygen atoms in total. The smallest absolute Gasteiger partial charge is 0.303 e. The van der Waals surface area contributed by atoms with Crippen molar-refractivity contribution in [3.8, 4) is 0 Å². The number of hydrogen-bond donors (Lipinski definition) is 0. The summed E-state index contributed by atoms with van der Waals surface area (Å²) in [7, 11) is 0. The molecule has 1 rings (SSSR count). The largest absolute Gasteiger partial charge is 0.463 e. The second kappa shape index (κ2) is 19.1. The van der Waals surface area contributed by atoms with E-state index in [2.05, 4.69) is 10.0 Å². The predicted octanol–water partition coefficient (Wildman–Crippen LogP) is 0.446. The fourth-order valence-corrected chi connectivity index (χ4v) is 3.24. The van der Waals surface area contributed by atoms with Gasteiger partial charge in [0.25, 0.3) is 0 Å². The lowest BCUT2D eigenvalue weighted by atomic mass is 9.98. The Balaban J connectivity index is 2.67. The van der Waals surface area contributed by atoms with Gasteiger partial charge < -0.3 is 42.6 Å². The van der Waals surface area contributed by atoms with E-state index in [0.29, 0.717) is 26.4 Å². The summed E-state index contributed by atoms with van der Waals surface area (Å²) in [6, 6.07) is 0. The monoisotopic (exact) mass is 549 g/mol. The van der Waals surface area contributed by atoms with Crippen LogP contribution in [-0.4, -0.2) is 114 Å². The van der Waals surface area contributed by atoms with Crippen molar-refractivity contribution >= 4 is 23.9 Å². The SMILES string of the molecule is CC(=O)OC[C@H]1O[C@H](OCCOCCOCCOCCN=[N+]=[N-])[C@@H](OC(C)=O)[C@@H](OC(C)=O)[C@@H]1OC(C)=O. The Hall–Kier alpha value is -3.01. The quantitative estimate of drug-likeness (QED) is 0.0570. The number of rotatable bonds is 18. The third-order valence-electron chi connectivity index (χ3n) is 4.60. The number of ether oxygens (including phenoxy) is 9. The summed E-state index contributed by atoms with van der Waals surface area (Å²) in [5.41, 5.74) is 8.16. The molecule has 0 aromatic rings. The van der Waals surface area contributed by atoms with Gasteiger partial charge in [0.05, 0.1) is 46.2 Å². The summed E-state index contributed by atoms with van der Waals surface area (Å²) in [6.07, 6.45) is -6.21. The van der Waals surface area contributed by atoms with E-state index < -0.39 is 54.6 Å². The van der Waals surface area contributed by atoms with Crippen molar-refractivity contribution in [1.82, 2.24) is 0 Å². The minimum Gasteiger partial charge on any atom is -0.463 e. The molecule has 0 spiro atoms. The highest BCUT2D eigenvalue weighted by Crippen LogP contribution is 2.29. The highest BCUT2D eigenvalue weighted by Gasteiger charge is 2.52. The van der Waals surface area contributed by atoms with Crippen LogP contribution in [0.5, 0.6) is 0 Å². The van der Waals surface area contributed by atoms with Crippen LogP contribution in [0.4, 0.5) is 0 Å². The van der Waals surface area contributed by atoms with Crippen LogP contribution >= 0.6 is 0 Å². The third-order valence-corrected chi connectivity index (χ3v) is 4.60. The van der Waals surface area contributed by atoms with Gasteiger partial charge in [-0.2, -0.15) is 0 Å². The topological polar surface area (TPSA) is 200 Å². The zero-order chi connectivity index (χ0) is 28.3. The van der Waals surface area contributed by atoms with Crippen LogP contribution in [-0.2, 0) is 61.8 Å². The van der Waals surface area contributed by atoms with E-state index >= 15 is 0 Å². The molecule has 1 aliphatic rings. The first-order valence-electron chi connectivity index (χ1n) is 11.8. The highest BCUT2D eigenvalue weighted by molar-refractivity contribution is 5.68. The predicted molar refractivity (Wildman–Crippen MR) is 124 cm³/mol. The molecule has 0 aromatic carbocycles. The molecule has 1 heterocycles. The Morgan fingerprint density at radius 1 is 0.711 bits per heavy atom. The fraction of sp³-hybridized carbons (Fsp3) is 0.818. The molecular weight excluding hydrogens is 514 g/mol. The van der Waals surface area contributed by atoms with Gasteiger partial charge in [0.15, 0.2) is 24.6 Å². The maximum Gasteiger partial charge on any atom is 0.303 e. The Morgan fingerprint density at radius 2 is 1.21 bits per heavy atom. The molecule has 0 aliphatic carbocycles. The average molecular weight is 550 g/mol. The highest BCUT2D eigenvalue weighted by atomic mass is 16.7. The standard InChI is InChI=1S/C22H35N3O13/c1-14(26)34-13-18-19(35-15(2)27)20(36-16(3)28)21(37-17(4)29)22(38-18)33-12-11-32-10-9-31-8-7-30-6-5-24-25-23/h18-22H,5-13H2,1-4H3/t18-,19-,20+,21+,22+/m1/s1. The van der Waals surface area contributed by atoms with Crippen LogP contribution in [0.25, 0.3) is 10.4 Å². The number of nitrogens with zero attached hydrogens (tertiary/aromatic N) is 3. The third kappa shape index (κ3) is 14.1. The Kier molecular flexibility index (Phi) is 16.6. The van der Waals surface area contributed by atoms with Crippen molar-refractivity contribution in [3.63, 3.8) is 0 Å². The van der Waals surface area contributed by atoms with E-state index in [0.717, 1.165) is 20.8 Å². The van der Waals surface area contributed by atoms with Gasteiger partial charge in [0, 0.05) is 39.2 Å². The molecule has 216 valence electrons. The fourth-order valence-electron chi connectivity index (χ4n) is 3.24. The van der Waals surface area contributed by atoms with Crippen LogP contribution in [0, 0.1) is 0 Å². The molecule has 0 aromatic heterocycles. The summed E-state index contributed by atoms with van der Waals surface area (Å²) in [4.78, 5) is 49.3. The summed E-state index contributed by atoms with van der Waals surface area (Å²) in [5.74, 6) is -2.80. The second-order valence-corrected chi connectivity index (χ2v) is 7.73. The van der Waals surface area contributed by atoms with Crippen molar-refractivity contribution in [3.05, 3.63) is 10.4 Å². The molecular formula is C22H35N3O13. The lowest BCUT2D eigenvalue weighted by Gasteiger charge is -2.44. The number of hydrogen-bond acceptors (Lipinski definition) is 14. The van der Waals surface area contributed by atoms with E-state index in [9.17, 15) is 19.2 Å². The molecule has 1 saturated heterocycles. The summed E-state index contributed by atoms with van der Waals surface area (Å²) >= 11 is 0. The average Bonchev–Trinajstić information content (AvgIpc) is 2.83. The zero-order valence-corrected chi connectivity index (χ0v) is 21.9. The van der Waals surface area contributed by atoms with Crippen molar-refractivity contribution in [2.75, 3.05) is 59.4 Å². The second-order valence-electron chi connectivity index (χ2n) is 7.73. The molecule has 1 aliphatic heterocycles. The number of carbonyl (C=O) groups excluding carboxylic acids is 4. The minimum absolute atomic E-state index is 0.0176. The van der Waals surface area contributed by atoms with Gasteiger partial charge in [0.1, 0.15) is 12.7 Å². The van der Waals surface area contributed by atoms with Gasteiger partial charge in [0.2, 0.25) is 0 Å². The Morgan fingerprint density at radius 3 is 1.74 bits per heavy atom. The number of esters is 4. The van der Waals surface area contributed by atoms with E-state index in [1.165, 1.54) is 6.92 Å². The van der Waals surface area contributed by atoms with E-state index in [4.69, 9.17) is 48.2 Å². The van der Waals surface area contributed by atoms with Crippen molar-refractivity contribution < 1.29 is 61.8 Å². The van der Waals surface area contributed by atoms with Crippen LogP contribution in [0.3, 0.4) is 0 Å². The normalized spacial score (nSPS) is 22.6. The lowest BCUT2D eigenvalue weighted by molar-refractivity contribution is -0.309. The molecule has 0 amide bonds. The molecule has 0 bridgehead atoms. The summed E-state index contributed by atoms with van der Waals surface area (Å²) in [6.45, 7) is 6.11. The summed E-state index contributed by atoms with van der Waals surface area (Å²) in [5, 5.41) is 3.34. The van der Waals surface area contributed by atoms with E-state index in [-0.39, 0.29) is 33.0 Å². The van der Waals surface area contributed by atoms with Gasteiger partial charge in [-0.15, -0.1) is 0 Å². The van der Waals surface area contributed by atoms with Gasteiger partial charge in [-0.1, -0.05) is 5.11 Å². The molecule has 0 saturated carbocycles. The molecule has 0 N–H and O–H groups in total.